The summed E-state index contributed by atoms with van der Waals surface area (Å²) in [5.41, 5.74) is 7.12. The van der Waals surface area contributed by atoms with E-state index in [0.29, 0.717) is 0 Å². The van der Waals surface area contributed by atoms with Crippen LogP contribution in [0.4, 0.5) is 5.95 Å². The number of aromatic nitrogens is 2. The van der Waals surface area contributed by atoms with Crippen molar-refractivity contribution in [2.75, 3.05) is 18.5 Å². The van der Waals surface area contributed by atoms with Gasteiger partial charge in [-0.1, -0.05) is 13.3 Å². The molecule has 4 nitrogen and oxygen atoms in total. The highest BCUT2D eigenvalue weighted by Crippen LogP contribution is 2.48. The van der Waals surface area contributed by atoms with Crippen LogP contribution < -0.4 is 10.6 Å². The van der Waals surface area contributed by atoms with E-state index in [9.17, 15) is 0 Å². The lowest BCUT2D eigenvalue weighted by atomic mass is 9.88. The van der Waals surface area contributed by atoms with Crippen molar-refractivity contribution < 1.29 is 0 Å². The van der Waals surface area contributed by atoms with Crippen molar-refractivity contribution >= 4 is 5.95 Å². The van der Waals surface area contributed by atoms with Crippen LogP contribution in [-0.2, 0) is 6.42 Å². The predicted molar refractivity (Wildman–Crippen MR) is 86.2 cm³/mol. The van der Waals surface area contributed by atoms with Crippen LogP contribution in [0.2, 0.25) is 0 Å². The second kappa shape index (κ2) is 6.30. The van der Waals surface area contributed by atoms with E-state index in [2.05, 4.69) is 28.8 Å². The number of hydrogen-bond donors (Lipinski definition) is 1. The Kier molecular flexibility index (Phi) is 4.43. The molecule has 0 radical (unpaired) electrons. The standard InChI is InChI=1S/C17H28N4/c1-3-16(18)8-13-9-19-17(20-10-13)21(2)11-15-7-12-4-5-14(15)6-12/h9-10,12,14-16H,3-8,11,18H2,1-2H3. The fourth-order valence-electron chi connectivity index (χ4n) is 4.13. The predicted octanol–water partition coefficient (Wildman–Crippen LogP) is 2.63. The molecule has 1 aromatic rings. The van der Waals surface area contributed by atoms with Gasteiger partial charge >= 0.3 is 0 Å². The van der Waals surface area contributed by atoms with Crippen molar-refractivity contribution in [3.05, 3.63) is 18.0 Å². The Morgan fingerprint density at radius 2 is 2.05 bits per heavy atom. The largest absolute Gasteiger partial charge is 0.344 e. The monoisotopic (exact) mass is 288 g/mol. The first-order valence-electron chi connectivity index (χ1n) is 8.43. The Balaban J connectivity index is 1.56. The third kappa shape index (κ3) is 3.37. The maximum Gasteiger partial charge on any atom is 0.225 e. The van der Waals surface area contributed by atoms with Crippen molar-refractivity contribution in [2.24, 2.45) is 23.5 Å². The molecule has 2 N–H and O–H groups in total. The van der Waals surface area contributed by atoms with Gasteiger partial charge in [0.15, 0.2) is 0 Å². The zero-order chi connectivity index (χ0) is 14.8. The lowest BCUT2D eigenvalue weighted by molar-refractivity contribution is 0.336. The summed E-state index contributed by atoms with van der Waals surface area (Å²) in [6, 6.07) is 0.214. The van der Waals surface area contributed by atoms with Gasteiger partial charge in [-0.05, 0) is 55.4 Å². The van der Waals surface area contributed by atoms with Gasteiger partial charge in [-0.3, -0.25) is 0 Å². The average Bonchev–Trinajstić information content (AvgIpc) is 3.10. The van der Waals surface area contributed by atoms with Gasteiger partial charge in [0, 0.05) is 32.0 Å². The first-order valence-corrected chi connectivity index (χ1v) is 8.43. The molecular formula is C17H28N4. The van der Waals surface area contributed by atoms with Crippen LogP contribution in [0.5, 0.6) is 0 Å². The molecule has 116 valence electrons. The third-order valence-corrected chi connectivity index (χ3v) is 5.45. The van der Waals surface area contributed by atoms with Crippen molar-refractivity contribution in [3.8, 4) is 0 Å². The number of nitrogens with two attached hydrogens (primary N) is 1. The van der Waals surface area contributed by atoms with Crippen molar-refractivity contribution in [3.63, 3.8) is 0 Å². The summed E-state index contributed by atoms with van der Waals surface area (Å²) in [5, 5.41) is 0. The van der Waals surface area contributed by atoms with E-state index < -0.39 is 0 Å². The van der Waals surface area contributed by atoms with Crippen LogP contribution in [0, 0.1) is 17.8 Å². The Labute approximate surface area is 128 Å². The average molecular weight is 288 g/mol. The van der Waals surface area contributed by atoms with E-state index >= 15 is 0 Å². The molecule has 0 spiro atoms. The van der Waals surface area contributed by atoms with Crippen LogP contribution >= 0.6 is 0 Å². The molecule has 3 rings (SSSR count). The van der Waals surface area contributed by atoms with Crippen LogP contribution in [-0.4, -0.2) is 29.6 Å². The number of anilines is 1. The zero-order valence-electron chi connectivity index (χ0n) is 13.3. The fraction of sp³-hybridized carbons (Fsp3) is 0.765. The molecule has 4 heteroatoms. The van der Waals surface area contributed by atoms with Crippen LogP contribution in [0.15, 0.2) is 12.4 Å². The number of hydrogen-bond acceptors (Lipinski definition) is 4. The Bertz CT molecular complexity index is 458. The fourth-order valence-corrected chi connectivity index (χ4v) is 4.13. The molecule has 0 saturated heterocycles. The van der Waals surface area contributed by atoms with Crippen molar-refractivity contribution in [2.45, 2.75) is 51.5 Å². The normalized spacial score (nSPS) is 28.8. The summed E-state index contributed by atoms with van der Waals surface area (Å²) in [7, 11) is 2.12. The second-order valence-corrected chi connectivity index (χ2v) is 7.08. The van der Waals surface area contributed by atoms with Gasteiger partial charge in [0.2, 0.25) is 5.95 Å². The van der Waals surface area contributed by atoms with Crippen LogP contribution in [0.3, 0.4) is 0 Å². The van der Waals surface area contributed by atoms with Gasteiger partial charge in [0.1, 0.15) is 0 Å². The summed E-state index contributed by atoms with van der Waals surface area (Å²) in [6.45, 7) is 3.22. The molecule has 21 heavy (non-hydrogen) atoms. The molecule has 4 unspecified atom stereocenters. The first-order chi connectivity index (χ1) is 10.2. The molecule has 2 aliphatic rings. The molecule has 1 aromatic heterocycles. The Morgan fingerprint density at radius 1 is 1.29 bits per heavy atom. The van der Waals surface area contributed by atoms with E-state index in [4.69, 9.17) is 5.73 Å². The minimum absolute atomic E-state index is 0.214. The van der Waals surface area contributed by atoms with Gasteiger partial charge in [-0.15, -0.1) is 0 Å². The molecule has 2 bridgehead atoms. The minimum Gasteiger partial charge on any atom is -0.344 e. The molecule has 0 aromatic carbocycles. The molecular weight excluding hydrogens is 260 g/mol. The number of rotatable bonds is 6. The minimum atomic E-state index is 0.214. The van der Waals surface area contributed by atoms with Gasteiger partial charge < -0.3 is 10.6 Å². The molecule has 1 heterocycles. The topological polar surface area (TPSA) is 55.0 Å². The summed E-state index contributed by atoms with van der Waals surface area (Å²) in [4.78, 5) is 11.3. The lowest BCUT2D eigenvalue weighted by Crippen LogP contribution is -2.30. The maximum absolute atomic E-state index is 5.98. The highest BCUT2D eigenvalue weighted by Gasteiger charge is 2.39. The molecule has 0 amide bonds. The molecule has 2 saturated carbocycles. The summed E-state index contributed by atoms with van der Waals surface area (Å²) in [5.74, 6) is 3.67. The van der Waals surface area contributed by atoms with Crippen molar-refractivity contribution in [1.29, 1.82) is 0 Å². The smallest absolute Gasteiger partial charge is 0.225 e. The Morgan fingerprint density at radius 3 is 2.62 bits per heavy atom. The first kappa shape index (κ1) is 14.8. The maximum atomic E-state index is 5.98. The van der Waals surface area contributed by atoms with E-state index in [1.165, 1.54) is 25.7 Å². The van der Waals surface area contributed by atoms with Gasteiger partial charge in [-0.25, -0.2) is 9.97 Å². The lowest BCUT2D eigenvalue weighted by Gasteiger charge is -2.27. The van der Waals surface area contributed by atoms with E-state index in [1.54, 1.807) is 0 Å². The molecule has 4 atom stereocenters. The summed E-state index contributed by atoms with van der Waals surface area (Å²) in [6.07, 6.45) is 11.5. The Hall–Kier alpha value is -1.16. The SMILES string of the molecule is CCC(N)Cc1cnc(N(C)CC2CC3CCC2C3)nc1. The quantitative estimate of drug-likeness (QED) is 0.874. The van der Waals surface area contributed by atoms with E-state index in [0.717, 1.165) is 48.7 Å². The van der Waals surface area contributed by atoms with Crippen molar-refractivity contribution in [1.82, 2.24) is 9.97 Å². The molecule has 0 aliphatic heterocycles. The highest BCUT2D eigenvalue weighted by atomic mass is 15.2. The summed E-state index contributed by atoms with van der Waals surface area (Å²) >= 11 is 0. The zero-order valence-corrected chi connectivity index (χ0v) is 13.3. The number of fused-ring (bicyclic) bond motifs is 2. The van der Waals surface area contributed by atoms with E-state index in [1.807, 2.05) is 12.4 Å². The van der Waals surface area contributed by atoms with Gasteiger partial charge in [-0.2, -0.15) is 0 Å². The van der Waals surface area contributed by atoms with Crippen LogP contribution in [0.1, 0.15) is 44.6 Å². The molecule has 2 aliphatic carbocycles. The van der Waals surface area contributed by atoms with E-state index in [-0.39, 0.29) is 6.04 Å². The summed E-state index contributed by atoms with van der Waals surface area (Å²) < 4.78 is 0. The molecule has 2 fully saturated rings. The van der Waals surface area contributed by atoms with Gasteiger partial charge in [0.25, 0.3) is 0 Å². The third-order valence-electron chi connectivity index (χ3n) is 5.45. The number of nitrogens with zero attached hydrogens (tertiary/aromatic N) is 3. The highest BCUT2D eigenvalue weighted by molar-refractivity contribution is 5.29. The second-order valence-electron chi connectivity index (χ2n) is 7.08. The van der Waals surface area contributed by atoms with Gasteiger partial charge in [0.05, 0.1) is 0 Å². The van der Waals surface area contributed by atoms with Crippen LogP contribution in [0.25, 0.3) is 0 Å².